The molecule has 2 saturated heterocycles. The molecule has 2 aliphatic rings. The van der Waals surface area contributed by atoms with E-state index in [-0.39, 0.29) is 59.7 Å². The third kappa shape index (κ3) is 10.4. The molecule has 0 spiro atoms. The van der Waals surface area contributed by atoms with E-state index in [9.17, 15) is 26.9 Å². The Morgan fingerprint density at radius 2 is 1.41 bits per heavy atom. The number of nitro benzene ring substituents is 1. The summed E-state index contributed by atoms with van der Waals surface area (Å²) in [6, 6.07) is 3.73. The van der Waals surface area contributed by atoms with Gasteiger partial charge in [-0.1, -0.05) is 48.0 Å². The minimum absolute atomic E-state index is 0.0696. The summed E-state index contributed by atoms with van der Waals surface area (Å²) in [5, 5.41) is 17.3. The van der Waals surface area contributed by atoms with Gasteiger partial charge in [0.25, 0.3) is 5.69 Å². The summed E-state index contributed by atoms with van der Waals surface area (Å²) in [5.74, 6) is 1.95. The van der Waals surface area contributed by atoms with Crippen LogP contribution in [0.2, 0.25) is 0 Å². The van der Waals surface area contributed by atoms with E-state index in [1.54, 1.807) is 0 Å². The molecule has 0 bridgehead atoms. The highest BCUT2D eigenvalue weighted by Crippen LogP contribution is 2.32. The van der Waals surface area contributed by atoms with Gasteiger partial charge in [0.2, 0.25) is 0 Å². The average Bonchev–Trinajstić information content (AvgIpc) is 3.33. The number of benzene rings is 1. The van der Waals surface area contributed by atoms with Gasteiger partial charge in [-0.3, -0.25) is 10.1 Å². The Morgan fingerprint density at radius 3 is 1.84 bits per heavy atom. The van der Waals surface area contributed by atoms with E-state index >= 15 is 0 Å². The molecule has 0 amide bonds. The van der Waals surface area contributed by atoms with Crippen LogP contribution in [0.3, 0.4) is 0 Å². The Hall–Kier alpha value is -1.40. The van der Waals surface area contributed by atoms with Crippen LogP contribution in [0.4, 0.5) is 5.69 Å². The molecule has 2 fully saturated rings. The summed E-state index contributed by atoms with van der Waals surface area (Å²) in [7, 11) is -5.99. The van der Waals surface area contributed by atoms with Crippen LogP contribution < -0.4 is 20.1 Å². The molecular formula is C20H27N3O8S6. The maximum absolute atomic E-state index is 11.6. The Labute approximate surface area is 235 Å². The fourth-order valence-electron chi connectivity index (χ4n) is 3.65. The third-order valence-electron chi connectivity index (χ3n) is 5.40. The molecule has 0 radical (unpaired) electrons. The van der Waals surface area contributed by atoms with Crippen LogP contribution in [-0.4, -0.2) is 90.2 Å². The number of ether oxygens (including phenoxy) is 2. The van der Waals surface area contributed by atoms with Crippen LogP contribution in [0, 0.1) is 10.1 Å². The summed E-state index contributed by atoms with van der Waals surface area (Å²) in [6.45, 7) is 0.441. The SMILES string of the molecule is O=[N+]([O-])c1ccc(OCCSC(=S)NC2CCS(=O)(=O)C2)c(OCCSC(=S)NC2CCS(=O)(=O)C2)c1. The average molecular weight is 630 g/mol. The van der Waals surface area contributed by atoms with E-state index in [0.29, 0.717) is 38.7 Å². The molecule has 1 aromatic rings. The normalized spacial score (nSPS) is 21.7. The second-order valence-electron chi connectivity index (χ2n) is 8.35. The lowest BCUT2D eigenvalue weighted by molar-refractivity contribution is -0.385. The maximum Gasteiger partial charge on any atom is 0.273 e. The standard InChI is InChI=1S/C20H27N3O8S6/c24-23(25)16-1-2-17(30-5-7-34-19(32)21-14-3-9-36(26,27)12-14)18(11-16)31-6-8-35-20(33)22-15-4-10-37(28,29)13-15/h1-2,11,14-15H,3-10,12-13H2,(H,21,32)(H,22,33). The smallest absolute Gasteiger partial charge is 0.273 e. The molecule has 206 valence electrons. The monoisotopic (exact) mass is 629 g/mol. The van der Waals surface area contributed by atoms with E-state index < -0.39 is 24.6 Å². The summed E-state index contributed by atoms with van der Waals surface area (Å²) >= 11 is 13.2. The predicted molar refractivity (Wildman–Crippen MR) is 155 cm³/mol. The fraction of sp³-hybridized carbons (Fsp3) is 0.600. The van der Waals surface area contributed by atoms with Crippen molar-refractivity contribution in [3.63, 3.8) is 0 Å². The molecule has 2 heterocycles. The van der Waals surface area contributed by atoms with Gasteiger partial charge in [0.05, 0.1) is 47.2 Å². The van der Waals surface area contributed by atoms with Crippen molar-refractivity contribution >= 4 is 82.0 Å². The number of nitrogens with one attached hydrogen (secondary N) is 2. The number of non-ortho nitro benzene ring substituents is 1. The molecule has 11 nitrogen and oxygen atoms in total. The van der Waals surface area contributed by atoms with E-state index in [2.05, 4.69) is 10.6 Å². The van der Waals surface area contributed by atoms with Crippen molar-refractivity contribution in [3.8, 4) is 11.5 Å². The molecule has 0 aromatic heterocycles. The summed E-state index contributed by atoms with van der Waals surface area (Å²) in [6.07, 6.45) is 1.06. The molecule has 0 aliphatic carbocycles. The van der Waals surface area contributed by atoms with Crippen molar-refractivity contribution in [2.24, 2.45) is 0 Å². The van der Waals surface area contributed by atoms with Gasteiger partial charge >= 0.3 is 0 Å². The van der Waals surface area contributed by atoms with Crippen molar-refractivity contribution in [2.45, 2.75) is 24.9 Å². The first-order valence-electron chi connectivity index (χ1n) is 11.2. The number of hydrogen-bond acceptors (Lipinski definition) is 12. The molecule has 2 atom stereocenters. The van der Waals surface area contributed by atoms with Crippen LogP contribution >= 0.6 is 48.0 Å². The van der Waals surface area contributed by atoms with Crippen molar-refractivity contribution in [1.29, 1.82) is 0 Å². The molecule has 3 rings (SSSR count). The van der Waals surface area contributed by atoms with Gasteiger partial charge in [-0.15, -0.1) is 0 Å². The second-order valence-corrected chi connectivity index (χ2v) is 16.3. The third-order valence-corrected chi connectivity index (χ3v) is 11.4. The molecule has 37 heavy (non-hydrogen) atoms. The van der Waals surface area contributed by atoms with E-state index in [1.165, 1.54) is 41.7 Å². The zero-order chi connectivity index (χ0) is 27.1. The largest absolute Gasteiger partial charge is 0.489 e. The Morgan fingerprint density at radius 1 is 0.919 bits per heavy atom. The van der Waals surface area contributed by atoms with Gasteiger partial charge in [-0.2, -0.15) is 0 Å². The number of rotatable bonds is 11. The first-order valence-corrected chi connectivity index (χ1v) is 17.7. The highest BCUT2D eigenvalue weighted by Gasteiger charge is 2.29. The molecule has 2 unspecified atom stereocenters. The van der Waals surface area contributed by atoms with Crippen LogP contribution in [-0.2, 0) is 19.7 Å². The lowest BCUT2D eigenvalue weighted by atomic mass is 10.3. The van der Waals surface area contributed by atoms with Gasteiger partial charge in [-0.25, -0.2) is 16.8 Å². The molecule has 0 saturated carbocycles. The Bertz CT molecular complexity index is 1220. The summed E-state index contributed by atoms with van der Waals surface area (Å²) < 4.78 is 58.7. The van der Waals surface area contributed by atoms with Crippen molar-refractivity contribution in [3.05, 3.63) is 28.3 Å². The van der Waals surface area contributed by atoms with Crippen LogP contribution in [0.5, 0.6) is 11.5 Å². The second kappa shape index (κ2) is 13.6. The summed E-state index contributed by atoms with van der Waals surface area (Å²) in [4.78, 5) is 10.7. The Balaban J connectivity index is 1.42. The minimum Gasteiger partial charge on any atom is -0.489 e. The molecule has 17 heteroatoms. The first kappa shape index (κ1) is 30.1. The number of nitro groups is 1. The quantitative estimate of drug-likeness (QED) is 0.159. The Kier molecular flexibility index (Phi) is 11.1. The lowest BCUT2D eigenvalue weighted by Crippen LogP contribution is -2.33. The first-order chi connectivity index (χ1) is 17.4. The molecule has 1 aromatic carbocycles. The van der Waals surface area contributed by atoms with Gasteiger partial charge in [0.1, 0.15) is 8.64 Å². The molecule has 2 N–H and O–H groups in total. The number of thioether (sulfide) groups is 2. The van der Waals surface area contributed by atoms with Crippen LogP contribution in [0.15, 0.2) is 18.2 Å². The van der Waals surface area contributed by atoms with Crippen molar-refractivity contribution in [2.75, 3.05) is 47.7 Å². The van der Waals surface area contributed by atoms with E-state index in [4.69, 9.17) is 33.9 Å². The number of thiocarbonyl (C=S) groups is 2. The molecule has 2 aliphatic heterocycles. The maximum atomic E-state index is 11.6. The topological polar surface area (TPSA) is 154 Å². The van der Waals surface area contributed by atoms with Gasteiger partial charge in [0.15, 0.2) is 31.2 Å². The van der Waals surface area contributed by atoms with Crippen LogP contribution in [0.1, 0.15) is 12.8 Å². The lowest BCUT2D eigenvalue weighted by Gasteiger charge is -2.15. The zero-order valence-electron chi connectivity index (χ0n) is 19.6. The number of nitrogens with zero attached hydrogens (tertiary/aromatic N) is 1. The van der Waals surface area contributed by atoms with Gasteiger partial charge < -0.3 is 20.1 Å². The molecular weight excluding hydrogens is 603 g/mol. The predicted octanol–water partition coefficient (Wildman–Crippen LogP) is 1.94. The number of hydrogen-bond donors (Lipinski definition) is 2. The summed E-state index contributed by atoms with van der Waals surface area (Å²) in [5.41, 5.74) is -0.138. The van der Waals surface area contributed by atoms with Gasteiger partial charge in [0, 0.05) is 29.7 Å². The zero-order valence-corrected chi connectivity index (χ0v) is 24.5. The minimum atomic E-state index is -3.00. The van der Waals surface area contributed by atoms with E-state index in [0.717, 1.165) is 0 Å². The number of sulfone groups is 2. The van der Waals surface area contributed by atoms with E-state index in [1.807, 2.05) is 0 Å². The van der Waals surface area contributed by atoms with Crippen molar-refractivity contribution in [1.82, 2.24) is 10.6 Å². The fourth-order valence-corrected chi connectivity index (χ4v) is 9.03. The van der Waals surface area contributed by atoms with Crippen LogP contribution in [0.25, 0.3) is 0 Å². The van der Waals surface area contributed by atoms with Crippen molar-refractivity contribution < 1.29 is 31.2 Å². The highest BCUT2D eigenvalue weighted by atomic mass is 32.2. The van der Waals surface area contributed by atoms with Gasteiger partial charge in [-0.05, 0) is 18.9 Å². The highest BCUT2D eigenvalue weighted by molar-refractivity contribution is 8.23.